The molecule has 17 heavy (non-hydrogen) atoms. The highest BCUT2D eigenvalue weighted by Crippen LogP contribution is 2.24. The van der Waals surface area contributed by atoms with Crippen LogP contribution in [0, 0.1) is 11.3 Å². The van der Waals surface area contributed by atoms with Gasteiger partial charge in [0.05, 0.1) is 10.4 Å². The molecule has 0 aliphatic rings. The molecule has 0 fully saturated rings. The van der Waals surface area contributed by atoms with Gasteiger partial charge in [0.15, 0.2) is 0 Å². The van der Waals surface area contributed by atoms with Gasteiger partial charge in [0, 0.05) is 12.0 Å². The van der Waals surface area contributed by atoms with Crippen molar-refractivity contribution in [2.24, 2.45) is 0 Å². The minimum Gasteiger partial charge on any atom is -0.459 e. The molecule has 0 spiro atoms. The van der Waals surface area contributed by atoms with Gasteiger partial charge in [-0.1, -0.05) is 0 Å². The van der Waals surface area contributed by atoms with Crippen molar-refractivity contribution in [3.05, 3.63) is 26.4 Å². The lowest BCUT2D eigenvalue weighted by Gasteiger charge is -2.01. The lowest BCUT2D eigenvalue weighted by Crippen LogP contribution is -2.10. The van der Waals surface area contributed by atoms with Gasteiger partial charge in [0.2, 0.25) is 0 Å². The number of nitrogens with zero attached hydrogens (tertiary/aromatic N) is 1. The summed E-state index contributed by atoms with van der Waals surface area (Å²) in [6.07, 6.45) is 1.50. The number of hydrogen-bond donors (Lipinski definition) is 0. The monoisotopic (exact) mass is 315 g/mol. The summed E-state index contributed by atoms with van der Waals surface area (Å²) in [5, 5.41) is 8.86. The summed E-state index contributed by atoms with van der Waals surface area (Å²) < 4.78 is 10.5. The fourth-order valence-corrected chi connectivity index (χ4v) is 2.35. The van der Waals surface area contributed by atoms with Gasteiger partial charge in [-0.05, 0) is 34.1 Å². The highest BCUT2D eigenvalue weighted by atomic mass is 79.9. The smallest absolute Gasteiger partial charge is 0.349 e. The quantitative estimate of drug-likeness (QED) is 0.363. The Bertz CT molecular complexity index is 462. The van der Waals surface area contributed by atoms with Crippen molar-refractivity contribution in [2.45, 2.75) is 0 Å². The Morgan fingerprint density at radius 2 is 2.35 bits per heavy atom. The van der Waals surface area contributed by atoms with Crippen LogP contribution in [0.15, 0.2) is 21.5 Å². The number of nitriles is 1. The van der Waals surface area contributed by atoms with E-state index in [1.54, 1.807) is 0 Å². The zero-order chi connectivity index (χ0) is 12.7. The summed E-state index contributed by atoms with van der Waals surface area (Å²) in [4.78, 5) is 12.3. The maximum atomic E-state index is 11.5. The summed E-state index contributed by atoms with van der Waals surface area (Å²) in [5.41, 5.74) is -0.0181. The molecule has 0 aromatic carbocycles. The first-order valence-corrected chi connectivity index (χ1v) is 6.31. The lowest BCUT2D eigenvalue weighted by atomic mass is 10.2. The SMILES string of the molecule is COCCOC(=O)C(C#N)=Cc1ccc(Br)s1. The van der Waals surface area contributed by atoms with E-state index in [1.807, 2.05) is 18.2 Å². The van der Waals surface area contributed by atoms with Gasteiger partial charge < -0.3 is 9.47 Å². The molecule has 0 aliphatic heterocycles. The Kier molecular flexibility index (Phi) is 5.91. The number of thiophene rings is 1. The van der Waals surface area contributed by atoms with Gasteiger partial charge in [0.1, 0.15) is 18.2 Å². The van der Waals surface area contributed by atoms with E-state index in [1.165, 1.54) is 24.5 Å². The molecule has 0 amide bonds. The third-order valence-electron chi connectivity index (χ3n) is 1.74. The highest BCUT2D eigenvalue weighted by molar-refractivity contribution is 9.11. The highest BCUT2D eigenvalue weighted by Gasteiger charge is 2.10. The summed E-state index contributed by atoms with van der Waals surface area (Å²) in [6.45, 7) is 0.456. The van der Waals surface area contributed by atoms with Crippen LogP contribution >= 0.6 is 27.3 Å². The lowest BCUT2D eigenvalue weighted by molar-refractivity contribution is -0.139. The second-order valence-corrected chi connectivity index (χ2v) is 5.44. The van der Waals surface area contributed by atoms with Crippen LogP contribution in [0.1, 0.15) is 4.88 Å². The van der Waals surface area contributed by atoms with Crippen molar-refractivity contribution in [1.82, 2.24) is 0 Å². The van der Waals surface area contributed by atoms with Crippen LogP contribution in [0.4, 0.5) is 0 Å². The van der Waals surface area contributed by atoms with Crippen LogP contribution in [0.5, 0.6) is 0 Å². The molecule has 0 N–H and O–H groups in total. The predicted molar refractivity (Wildman–Crippen MR) is 68.4 cm³/mol. The molecule has 0 aliphatic carbocycles. The van der Waals surface area contributed by atoms with Crippen LogP contribution in [0.25, 0.3) is 6.08 Å². The standard InChI is InChI=1S/C11H10BrNO3S/c1-15-4-5-16-11(14)8(7-13)6-9-2-3-10(12)17-9/h2-3,6H,4-5H2,1H3. The molecule has 0 bridgehead atoms. The van der Waals surface area contributed by atoms with E-state index >= 15 is 0 Å². The number of halogens is 1. The first-order valence-electron chi connectivity index (χ1n) is 4.70. The third-order valence-corrected chi connectivity index (χ3v) is 3.31. The van der Waals surface area contributed by atoms with E-state index in [2.05, 4.69) is 15.9 Å². The Labute approximate surface area is 112 Å². The number of ether oxygens (including phenoxy) is 2. The van der Waals surface area contributed by atoms with E-state index in [0.29, 0.717) is 6.61 Å². The van der Waals surface area contributed by atoms with E-state index in [4.69, 9.17) is 14.7 Å². The van der Waals surface area contributed by atoms with E-state index < -0.39 is 5.97 Å². The normalized spacial score (nSPS) is 11.0. The third kappa shape index (κ3) is 4.69. The summed E-state index contributed by atoms with van der Waals surface area (Å²) in [5.74, 6) is -0.630. The van der Waals surface area contributed by atoms with Gasteiger partial charge in [-0.15, -0.1) is 11.3 Å². The van der Waals surface area contributed by atoms with Gasteiger partial charge in [-0.2, -0.15) is 5.26 Å². The van der Waals surface area contributed by atoms with Crippen molar-refractivity contribution in [1.29, 1.82) is 5.26 Å². The molecular weight excluding hydrogens is 306 g/mol. The zero-order valence-corrected chi connectivity index (χ0v) is 11.5. The van der Waals surface area contributed by atoms with Crippen molar-refractivity contribution in [3.8, 4) is 6.07 Å². The van der Waals surface area contributed by atoms with Crippen molar-refractivity contribution in [2.75, 3.05) is 20.3 Å². The molecule has 90 valence electrons. The largest absolute Gasteiger partial charge is 0.459 e. The molecule has 0 atom stereocenters. The molecule has 0 saturated carbocycles. The predicted octanol–water partition coefficient (Wildman–Crippen LogP) is 2.61. The fraction of sp³-hybridized carbons (Fsp3) is 0.273. The topological polar surface area (TPSA) is 59.3 Å². The van der Waals surface area contributed by atoms with Crippen molar-refractivity contribution >= 4 is 39.3 Å². The molecule has 1 aromatic rings. The minimum atomic E-state index is -0.630. The van der Waals surface area contributed by atoms with E-state index in [-0.39, 0.29) is 12.2 Å². The summed E-state index contributed by atoms with van der Waals surface area (Å²) >= 11 is 4.74. The van der Waals surface area contributed by atoms with Crippen LogP contribution in [-0.2, 0) is 14.3 Å². The molecule has 0 radical (unpaired) electrons. The number of esters is 1. The first kappa shape index (κ1) is 13.9. The van der Waals surface area contributed by atoms with Crippen LogP contribution in [-0.4, -0.2) is 26.3 Å². The van der Waals surface area contributed by atoms with E-state index in [9.17, 15) is 4.79 Å². The van der Waals surface area contributed by atoms with Gasteiger partial charge >= 0.3 is 5.97 Å². The van der Waals surface area contributed by atoms with Crippen LogP contribution < -0.4 is 0 Å². The molecule has 0 saturated heterocycles. The maximum absolute atomic E-state index is 11.5. The fourth-order valence-electron chi connectivity index (χ4n) is 0.980. The number of methoxy groups -OCH3 is 1. The number of carbonyl (C=O) groups is 1. The van der Waals surface area contributed by atoms with Gasteiger partial charge in [-0.25, -0.2) is 4.79 Å². The van der Waals surface area contributed by atoms with Crippen LogP contribution in [0.3, 0.4) is 0 Å². The summed E-state index contributed by atoms with van der Waals surface area (Å²) in [7, 11) is 1.51. The molecule has 0 unspecified atom stereocenters. The number of carbonyl (C=O) groups excluding carboxylic acids is 1. The average Bonchev–Trinajstić information content (AvgIpc) is 2.72. The second-order valence-electron chi connectivity index (χ2n) is 2.94. The number of hydrogen-bond acceptors (Lipinski definition) is 5. The Morgan fingerprint density at radius 1 is 1.59 bits per heavy atom. The first-order chi connectivity index (χ1) is 8.17. The maximum Gasteiger partial charge on any atom is 0.349 e. The Hall–Kier alpha value is -1.16. The molecule has 1 aromatic heterocycles. The Morgan fingerprint density at radius 3 is 2.88 bits per heavy atom. The average molecular weight is 316 g/mol. The second kappa shape index (κ2) is 7.22. The number of rotatable bonds is 5. The van der Waals surface area contributed by atoms with Crippen molar-refractivity contribution in [3.63, 3.8) is 0 Å². The van der Waals surface area contributed by atoms with Gasteiger partial charge in [0.25, 0.3) is 0 Å². The van der Waals surface area contributed by atoms with Gasteiger partial charge in [-0.3, -0.25) is 0 Å². The summed E-state index contributed by atoms with van der Waals surface area (Å²) in [6, 6.07) is 5.49. The van der Waals surface area contributed by atoms with Crippen molar-refractivity contribution < 1.29 is 14.3 Å². The minimum absolute atomic E-state index is 0.0181. The molecular formula is C11H10BrNO3S. The molecule has 1 heterocycles. The Balaban J connectivity index is 2.68. The molecule has 1 rings (SSSR count). The van der Waals surface area contributed by atoms with E-state index in [0.717, 1.165) is 8.66 Å². The van der Waals surface area contributed by atoms with Crippen LogP contribution in [0.2, 0.25) is 0 Å². The zero-order valence-electron chi connectivity index (χ0n) is 9.10. The molecule has 6 heteroatoms. The molecule has 4 nitrogen and oxygen atoms in total.